The van der Waals surface area contributed by atoms with Crippen molar-refractivity contribution in [3.05, 3.63) is 11.6 Å². The van der Waals surface area contributed by atoms with Crippen molar-refractivity contribution in [1.29, 1.82) is 0 Å². The Hall–Kier alpha value is -1.85. The molecule has 3 aliphatic carbocycles. The summed E-state index contributed by atoms with van der Waals surface area (Å²) >= 11 is 0. The van der Waals surface area contributed by atoms with Crippen LogP contribution in [0.5, 0.6) is 0 Å². The average molecular weight is 435 g/mol. The van der Waals surface area contributed by atoms with Gasteiger partial charge in [-0.05, 0) is 56.3 Å². The molecule has 0 atom stereocenters. The maximum Gasteiger partial charge on any atom is 0.332 e. The molecule has 3 saturated carbocycles. The molecule has 0 aliphatic heterocycles. The molecular formula is C25H38O6. The lowest BCUT2D eigenvalue weighted by molar-refractivity contribution is -0.193. The van der Waals surface area contributed by atoms with Crippen molar-refractivity contribution in [2.75, 3.05) is 0 Å². The molecule has 31 heavy (non-hydrogen) atoms. The van der Waals surface area contributed by atoms with Crippen LogP contribution in [0.25, 0.3) is 0 Å². The van der Waals surface area contributed by atoms with E-state index in [1.807, 2.05) is 0 Å². The minimum absolute atomic E-state index is 0.317. The molecule has 0 radical (unpaired) electrons. The number of ether oxygens (including phenoxy) is 1. The quantitative estimate of drug-likeness (QED) is 0.387. The van der Waals surface area contributed by atoms with E-state index in [2.05, 4.69) is 0 Å². The van der Waals surface area contributed by atoms with Crippen LogP contribution in [-0.4, -0.2) is 33.7 Å². The molecule has 6 nitrogen and oxygen atoms in total. The van der Waals surface area contributed by atoms with Gasteiger partial charge in [-0.3, -0.25) is 4.79 Å². The van der Waals surface area contributed by atoms with Crippen molar-refractivity contribution in [3.63, 3.8) is 0 Å². The highest BCUT2D eigenvalue weighted by Gasteiger charge is 2.53. The third-order valence-corrected chi connectivity index (χ3v) is 7.92. The Labute approximate surface area is 185 Å². The summed E-state index contributed by atoms with van der Waals surface area (Å²) in [5, 5.41) is 18.4. The summed E-state index contributed by atoms with van der Waals surface area (Å²) in [6, 6.07) is 0. The summed E-state index contributed by atoms with van der Waals surface area (Å²) in [5.74, 6) is -2.36. The third-order valence-electron chi connectivity index (χ3n) is 7.92. The third kappa shape index (κ3) is 5.89. The predicted molar refractivity (Wildman–Crippen MR) is 117 cm³/mol. The van der Waals surface area contributed by atoms with E-state index in [9.17, 15) is 19.5 Å². The van der Waals surface area contributed by atoms with Gasteiger partial charge in [-0.2, -0.15) is 0 Å². The van der Waals surface area contributed by atoms with Crippen molar-refractivity contribution in [1.82, 2.24) is 0 Å². The Morgan fingerprint density at radius 1 is 0.710 bits per heavy atom. The van der Waals surface area contributed by atoms with Gasteiger partial charge < -0.3 is 14.9 Å². The highest BCUT2D eigenvalue weighted by Crippen LogP contribution is 2.53. The number of carbonyl (C=O) groups is 3. The van der Waals surface area contributed by atoms with Gasteiger partial charge in [0, 0.05) is 6.08 Å². The molecule has 0 unspecified atom stereocenters. The topological polar surface area (TPSA) is 101 Å². The normalized spacial score (nSPS) is 22.8. The van der Waals surface area contributed by atoms with Gasteiger partial charge in [-0.1, -0.05) is 57.8 Å². The number of rotatable bonds is 8. The molecule has 3 fully saturated rings. The predicted octanol–water partition coefficient (Wildman–Crippen LogP) is 5.50. The van der Waals surface area contributed by atoms with Gasteiger partial charge in [0.15, 0.2) is 0 Å². The first-order valence-electron chi connectivity index (χ1n) is 12.3. The molecule has 0 saturated heterocycles. The minimum atomic E-state index is -1.38. The monoisotopic (exact) mass is 434 g/mol. The maximum absolute atomic E-state index is 13.1. The van der Waals surface area contributed by atoms with E-state index in [1.165, 1.54) is 19.3 Å². The van der Waals surface area contributed by atoms with Crippen molar-refractivity contribution in [3.8, 4) is 0 Å². The van der Waals surface area contributed by atoms with Gasteiger partial charge >= 0.3 is 17.9 Å². The molecule has 0 spiro atoms. The highest BCUT2D eigenvalue weighted by atomic mass is 16.6. The smallest absolute Gasteiger partial charge is 0.332 e. The van der Waals surface area contributed by atoms with Crippen molar-refractivity contribution in [2.45, 2.75) is 108 Å². The fraction of sp³-hybridized carbons (Fsp3) is 0.800. The zero-order chi connectivity index (χ0) is 22.3. The number of carbonyl (C=O) groups excluding carboxylic acids is 1. The fourth-order valence-electron chi connectivity index (χ4n) is 6.61. The van der Waals surface area contributed by atoms with Crippen LogP contribution in [0.4, 0.5) is 0 Å². The SMILES string of the molecule is O=C(O)CC(=CC(=O)OC(C1CCCCC1)(C1CCCCC1)C1CCCCC1)C(=O)O. The summed E-state index contributed by atoms with van der Waals surface area (Å²) in [6.07, 6.45) is 17.2. The van der Waals surface area contributed by atoms with E-state index in [1.54, 1.807) is 0 Å². The summed E-state index contributed by atoms with van der Waals surface area (Å²) in [4.78, 5) is 35.7. The van der Waals surface area contributed by atoms with Gasteiger partial charge in [0.05, 0.1) is 12.0 Å². The maximum atomic E-state index is 13.1. The summed E-state index contributed by atoms with van der Waals surface area (Å²) in [7, 11) is 0. The van der Waals surface area contributed by atoms with Crippen molar-refractivity contribution >= 4 is 17.9 Å². The molecule has 2 N–H and O–H groups in total. The Morgan fingerprint density at radius 2 is 1.10 bits per heavy atom. The Morgan fingerprint density at radius 3 is 1.42 bits per heavy atom. The number of esters is 1. The Kier molecular flexibility index (Phi) is 8.56. The van der Waals surface area contributed by atoms with Gasteiger partial charge in [0.2, 0.25) is 0 Å². The van der Waals surface area contributed by atoms with Crippen molar-refractivity contribution < 1.29 is 29.3 Å². The molecule has 0 amide bonds. The van der Waals surface area contributed by atoms with Gasteiger partial charge in [-0.15, -0.1) is 0 Å². The van der Waals surface area contributed by atoms with Gasteiger partial charge in [0.1, 0.15) is 5.60 Å². The van der Waals surface area contributed by atoms with E-state index < -0.39 is 35.5 Å². The lowest BCUT2D eigenvalue weighted by atomic mass is 9.58. The number of aliphatic carboxylic acids is 2. The van der Waals surface area contributed by atoms with Crippen LogP contribution < -0.4 is 0 Å². The van der Waals surface area contributed by atoms with E-state index >= 15 is 0 Å². The molecule has 0 aromatic carbocycles. The second-order valence-electron chi connectivity index (χ2n) is 9.82. The van der Waals surface area contributed by atoms with Gasteiger partial charge in [-0.25, -0.2) is 9.59 Å². The van der Waals surface area contributed by atoms with Crippen LogP contribution in [0.3, 0.4) is 0 Å². The molecule has 0 aromatic rings. The lowest BCUT2D eigenvalue weighted by Crippen LogP contribution is -2.56. The summed E-state index contributed by atoms with van der Waals surface area (Å²) in [5.41, 5.74) is -0.955. The van der Waals surface area contributed by atoms with Gasteiger partial charge in [0.25, 0.3) is 0 Å². The fourth-order valence-corrected chi connectivity index (χ4v) is 6.61. The van der Waals surface area contributed by atoms with Crippen molar-refractivity contribution in [2.24, 2.45) is 17.8 Å². The summed E-state index contributed by atoms with van der Waals surface area (Å²) in [6.45, 7) is 0. The van der Waals surface area contributed by atoms with E-state index in [0.29, 0.717) is 17.8 Å². The van der Waals surface area contributed by atoms with Crippen LogP contribution in [0.15, 0.2) is 11.6 Å². The molecule has 3 aliphatic rings. The first-order valence-corrected chi connectivity index (χ1v) is 12.3. The highest BCUT2D eigenvalue weighted by molar-refractivity contribution is 5.98. The molecule has 6 heteroatoms. The molecule has 0 aromatic heterocycles. The van der Waals surface area contributed by atoms with Crippen LogP contribution in [-0.2, 0) is 19.1 Å². The number of hydrogen-bond acceptors (Lipinski definition) is 4. The molecule has 174 valence electrons. The first kappa shape index (κ1) is 23.8. The second-order valence-corrected chi connectivity index (χ2v) is 9.82. The number of carboxylic acid groups (broad SMARTS) is 2. The standard InChI is InChI=1S/C25H38O6/c26-22(27)16-18(24(29)30)17-23(28)31-25(19-10-4-1-5-11-19,20-12-6-2-7-13-20)21-14-8-3-9-15-21/h17,19-21H,1-16H2,(H,26,27)(H,29,30). The van der Waals surface area contributed by atoms with Crippen LogP contribution in [0.2, 0.25) is 0 Å². The zero-order valence-electron chi connectivity index (χ0n) is 18.7. The van der Waals surface area contributed by atoms with E-state index in [0.717, 1.165) is 83.1 Å². The Bertz CT molecular complexity index is 618. The summed E-state index contributed by atoms with van der Waals surface area (Å²) < 4.78 is 6.45. The van der Waals surface area contributed by atoms with Crippen LogP contribution in [0, 0.1) is 17.8 Å². The van der Waals surface area contributed by atoms with Crippen LogP contribution in [0.1, 0.15) is 103 Å². The second kappa shape index (κ2) is 11.1. The number of hydrogen-bond donors (Lipinski definition) is 2. The average Bonchev–Trinajstić information content (AvgIpc) is 2.78. The molecule has 3 rings (SSSR count). The van der Waals surface area contributed by atoms with E-state index in [4.69, 9.17) is 9.84 Å². The Balaban J connectivity index is 1.96. The molecule has 0 heterocycles. The molecule has 0 bridgehead atoms. The zero-order valence-corrected chi connectivity index (χ0v) is 18.7. The lowest BCUT2D eigenvalue weighted by Gasteiger charge is -2.53. The molecular weight excluding hydrogens is 396 g/mol. The van der Waals surface area contributed by atoms with E-state index in [-0.39, 0.29) is 0 Å². The largest absolute Gasteiger partial charge is 0.481 e. The van der Waals surface area contributed by atoms with Crippen LogP contribution >= 0.6 is 0 Å². The minimum Gasteiger partial charge on any atom is -0.481 e. The number of carboxylic acids is 2. The first-order chi connectivity index (χ1) is 14.9.